The van der Waals surface area contributed by atoms with Crippen molar-refractivity contribution in [2.45, 2.75) is 82.6 Å². The van der Waals surface area contributed by atoms with E-state index in [0.717, 1.165) is 33.4 Å². The van der Waals surface area contributed by atoms with Gasteiger partial charge in [-0.3, -0.25) is 4.79 Å². The molecule has 0 aliphatic heterocycles. The number of H-pyrrole nitrogens is 1. The predicted octanol–water partition coefficient (Wildman–Crippen LogP) is 6.12. The fourth-order valence-electron chi connectivity index (χ4n) is 4.61. The lowest BCUT2D eigenvalue weighted by Gasteiger charge is -2.18. The molecule has 0 aliphatic rings. The van der Waals surface area contributed by atoms with Crippen LogP contribution in [0.3, 0.4) is 0 Å². The molecule has 1 amide bonds. The van der Waals surface area contributed by atoms with Crippen molar-refractivity contribution in [3.8, 4) is 0 Å². The van der Waals surface area contributed by atoms with Gasteiger partial charge in [-0.1, -0.05) is 111 Å². The average molecular weight is 588 g/mol. The Balaban J connectivity index is 1.25. The SMILES string of the molecule is CCCCCCCCSc1ncc(Cc2cn(CC(=O)NC(Cc3ccccc3)C(=O)OCc3ccccc3)cn2)[nH]1. The number of esters is 1. The van der Waals surface area contributed by atoms with Gasteiger partial charge in [0.15, 0.2) is 5.16 Å². The van der Waals surface area contributed by atoms with E-state index in [1.807, 2.05) is 73.1 Å². The quantitative estimate of drug-likeness (QED) is 0.0826. The predicted molar refractivity (Wildman–Crippen MR) is 166 cm³/mol. The average Bonchev–Trinajstić information content (AvgIpc) is 3.65. The molecule has 1 unspecified atom stereocenters. The van der Waals surface area contributed by atoms with Crippen LogP contribution in [0.15, 0.2) is 84.5 Å². The highest BCUT2D eigenvalue weighted by Crippen LogP contribution is 2.18. The lowest BCUT2D eigenvalue weighted by atomic mass is 10.1. The number of hydrogen-bond donors (Lipinski definition) is 2. The fourth-order valence-corrected chi connectivity index (χ4v) is 5.48. The van der Waals surface area contributed by atoms with Crippen LogP contribution in [0.5, 0.6) is 0 Å². The minimum absolute atomic E-state index is 0.0482. The molecule has 9 heteroatoms. The maximum atomic E-state index is 13.0. The Kier molecular flexibility index (Phi) is 12.7. The molecule has 2 heterocycles. The van der Waals surface area contributed by atoms with Crippen LogP contribution in [-0.2, 0) is 40.3 Å². The van der Waals surface area contributed by atoms with Crippen LogP contribution in [0.4, 0.5) is 0 Å². The number of nitrogens with zero attached hydrogens (tertiary/aromatic N) is 3. The third-order valence-corrected chi connectivity index (χ3v) is 7.83. The first kappa shape index (κ1) is 31.1. The van der Waals surface area contributed by atoms with Gasteiger partial charge in [-0.2, -0.15) is 0 Å². The highest BCUT2D eigenvalue weighted by atomic mass is 32.2. The number of unbranched alkanes of at least 4 members (excludes halogenated alkanes) is 5. The van der Waals surface area contributed by atoms with E-state index in [-0.39, 0.29) is 19.1 Å². The molecule has 1 atom stereocenters. The number of aromatic amines is 1. The van der Waals surface area contributed by atoms with Crippen LogP contribution < -0.4 is 5.32 Å². The number of aromatic nitrogens is 4. The topological polar surface area (TPSA) is 102 Å². The lowest BCUT2D eigenvalue weighted by molar-refractivity contribution is -0.149. The van der Waals surface area contributed by atoms with Crippen LogP contribution in [0.1, 0.15) is 68.0 Å². The second-order valence-corrected chi connectivity index (χ2v) is 11.5. The molecule has 8 nitrogen and oxygen atoms in total. The number of benzene rings is 2. The smallest absolute Gasteiger partial charge is 0.329 e. The molecule has 4 rings (SSSR count). The van der Waals surface area contributed by atoms with Crippen LogP contribution >= 0.6 is 11.8 Å². The number of carbonyl (C=O) groups is 2. The first-order valence-electron chi connectivity index (χ1n) is 14.8. The standard InChI is InChI=1S/C33H41N5O3S/c1-2-3-4-5-6-13-18-42-33-34-21-28(36-33)20-29-22-38(25-35-29)23-31(39)37-30(19-26-14-9-7-10-15-26)32(40)41-24-27-16-11-8-12-17-27/h7-12,14-17,21-22,25,30H,2-6,13,18-20,23-24H2,1H3,(H,34,36)(H,37,39). The molecular formula is C33H41N5O3S. The van der Waals surface area contributed by atoms with Crippen LogP contribution in [0, 0.1) is 0 Å². The summed E-state index contributed by atoms with van der Waals surface area (Å²) in [6.07, 6.45) is 14.0. The third kappa shape index (κ3) is 10.9. The van der Waals surface area contributed by atoms with E-state index >= 15 is 0 Å². The van der Waals surface area contributed by atoms with Gasteiger partial charge in [-0.05, 0) is 17.5 Å². The summed E-state index contributed by atoms with van der Waals surface area (Å²) in [5.74, 6) is 0.312. The second kappa shape index (κ2) is 17.2. The number of ether oxygens (including phenoxy) is 1. The van der Waals surface area contributed by atoms with Gasteiger partial charge in [0.25, 0.3) is 0 Å². The number of nitrogens with one attached hydrogen (secondary N) is 2. The molecule has 0 saturated heterocycles. The number of hydrogen-bond acceptors (Lipinski definition) is 6. The summed E-state index contributed by atoms with van der Waals surface area (Å²) in [4.78, 5) is 38.3. The molecule has 0 saturated carbocycles. The molecule has 0 fully saturated rings. The lowest BCUT2D eigenvalue weighted by Crippen LogP contribution is -2.44. The first-order valence-corrected chi connectivity index (χ1v) is 15.8. The molecular weight excluding hydrogens is 546 g/mol. The zero-order valence-corrected chi connectivity index (χ0v) is 25.2. The van der Waals surface area contributed by atoms with Gasteiger partial charge in [0.2, 0.25) is 5.91 Å². The van der Waals surface area contributed by atoms with Crippen molar-refractivity contribution in [2.24, 2.45) is 0 Å². The number of thioether (sulfide) groups is 1. The van der Waals surface area contributed by atoms with Crippen molar-refractivity contribution in [3.63, 3.8) is 0 Å². The van der Waals surface area contributed by atoms with E-state index < -0.39 is 12.0 Å². The van der Waals surface area contributed by atoms with Crippen LogP contribution in [-0.4, -0.2) is 43.2 Å². The molecule has 0 radical (unpaired) electrons. The van der Waals surface area contributed by atoms with Crippen molar-refractivity contribution < 1.29 is 14.3 Å². The number of carbonyl (C=O) groups excluding carboxylic acids is 2. The number of amides is 1. The Morgan fingerprint density at radius 3 is 2.43 bits per heavy atom. The molecule has 4 aromatic rings. The van der Waals surface area contributed by atoms with Crippen molar-refractivity contribution >= 4 is 23.6 Å². The van der Waals surface area contributed by atoms with Crippen LogP contribution in [0.25, 0.3) is 0 Å². The maximum Gasteiger partial charge on any atom is 0.329 e. The minimum Gasteiger partial charge on any atom is -0.459 e. The number of imidazole rings is 2. The molecule has 2 aromatic heterocycles. The van der Waals surface area contributed by atoms with E-state index in [1.54, 1.807) is 22.7 Å². The highest BCUT2D eigenvalue weighted by Gasteiger charge is 2.23. The maximum absolute atomic E-state index is 13.0. The third-order valence-electron chi connectivity index (χ3n) is 6.85. The van der Waals surface area contributed by atoms with E-state index in [2.05, 4.69) is 27.2 Å². The summed E-state index contributed by atoms with van der Waals surface area (Å²) in [7, 11) is 0. The first-order chi connectivity index (χ1) is 20.6. The van der Waals surface area contributed by atoms with Gasteiger partial charge < -0.3 is 19.6 Å². The fraction of sp³-hybridized carbons (Fsp3) is 0.394. The van der Waals surface area contributed by atoms with E-state index in [0.29, 0.717) is 12.8 Å². The van der Waals surface area contributed by atoms with Crippen molar-refractivity contribution in [3.05, 3.63) is 102 Å². The van der Waals surface area contributed by atoms with Gasteiger partial charge in [0, 0.05) is 36.7 Å². The summed E-state index contributed by atoms with van der Waals surface area (Å²) < 4.78 is 7.28. The molecule has 42 heavy (non-hydrogen) atoms. The second-order valence-electron chi connectivity index (χ2n) is 10.4. The number of rotatable bonds is 18. The van der Waals surface area contributed by atoms with Gasteiger partial charge in [0.05, 0.1) is 12.0 Å². The molecule has 2 aromatic carbocycles. The Morgan fingerprint density at radius 1 is 0.952 bits per heavy atom. The molecule has 222 valence electrons. The summed E-state index contributed by atoms with van der Waals surface area (Å²) in [5.41, 5.74) is 3.65. The Hall–Kier alpha value is -3.85. The zero-order valence-electron chi connectivity index (χ0n) is 24.3. The van der Waals surface area contributed by atoms with Gasteiger partial charge in [-0.25, -0.2) is 14.8 Å². The monoisotopic (exact) mass is 587 g/mol. The van der Waals surface area contributed by atoms with E-state index in [4.69, 9.17) is 4.74 Å². The van der Waals surface area contributed by atoms with Crippen molar-refractivity contribution in [1.82, 2.24) is 24.8 Å². The van der Waals surface area contributed by atoms with Gasteiger partial charge >= 0.3 is 5.97 Å². The summed E-state index contributed by atoms with van der Waals surface area (Å²) in [6.45, 7) is 2.44. The largest absolute Gasteiger partial charge is 0.459 e. The van der Waals surface area contributed by atoms with Crippen LogP contribution in [0.2, 0.25) is 0 Å². The minimum atomic E-state index is -0.802. The Morgan fingerprint density at radius 2 is 1.67 bits per heavy atom. The summed E-state index contributed by atoms with van der Waals surface area (Å²) in [5, 5.41) is 3.80. The van der Waals surface area contributed by atoms with Crippen molar-refractivity contribution in [1.29, 1.82) is 0 Å². The Labute approximate surface area is 252 Å². The summed E-state index contributed by atoms with van der Waals surface area (Å²) >= 11 is 1.76. The van der Waals surface area contributed by atoms with Crippen molar-refractivity contribution in [2.75, 3.05) is 5.75 Å². The molecule has 0 aliphatic carbocycles. The zero-order chi connectivity index (χ0) is 29.4. The van der Waals surface area contributed by atoms with E-state index in [1.165, 1.54) is 38.5 Å². The Bertz CT molecular complexity index is 1360. The molecule has 0 bridgehead atoms. The molecule has 2 N–H and O–H groups in total. The van der Waals surface area contributed by atoms with Gasteiger partial charge in [-0.15, -0.1) is 0 Å². The summed E-state index contributed by atoms with van der Waals surface area (Å²) in [6, 6.07) is 18.3. The normalized spacial score (nSPS) is 11.7. The molecule has 0 spiro atoms. The van der Waals surface area contributed by atoms with E-state index in [9.17, 15) is 9.59 Å². The highest BCUT2D eigenvalue weighted by molar-refractivity contribution is 7.99. The van der Waals surface area contributed by atoms with Gasteiger partial charge in [0.1, 0.15) is 19.2 Å².